The van der Waals surface area contributed by atoms with Gasteiger partial charge in [-0.3, -0.25) is 14.4 Å². The third kappa shape index (κ3) is 6.04. The zero-order valence-corrected chi connectivity index (χ0v) is 24.9. The average Bonchev–Trinajstić information content (AvgIpc) is 3.24. The topological polar surface area (TPSA) is 113 Å². The quantitative estimate of drug-likeness (QED) is 0.308. The van der Waals surface area contributed by atoms with Crippen LogP contribution in [0.5, 0.6) is 0 Å². The Hall–Kier alpha value is -1.63. The largest absolute Gasteiger partial charge is 0.481 e. The summed E-state index contributed by atoms with van der Waals surface area (Å²) in [5, 5.41) is 23.2. The zero-order valence-electron chi connectivity index (χ0n) is 24.9. The number of aliphatic hydroxyl groups is 1. The summed E-state index contributed by atoms with van der Waals surface area (Å²) in [5.41, 5.74) is 0.385. The van der Waals surface area contributed by atoms with Crippen LogP contribution in [0.4, 0.5) is 0 Å². The first-order valence-electron chi connectivity index (χ1n) is 15.8. The monoisotopic (exact) mass is 547 g/mol. The van der Waals surface area contributed by atoms with Gasteiger partial charge in [0.1, 0.15) is 6.10 Å². The Balaban J connectivity index is 1.38. The summed E-state index contributed by atoms with van der Waals surface area (Å²) < 4.78 is 5.93. The van der Waals surface area contributed by atoms with Crippen LogP contribution in [0.15, 0.2) is 0 Å². The molecule has 0 aromatic heterocycles. The van der Waals surface area contributed by atoms with Crippen LogP contribution >= 0.6 is 0 Å². The van der Waals surface area contributed by atoms with Crippen LogP contribution in [-0.2, 0) is 19.1 Å². The zero-order chi connectivity index (χ0) is 28.5. The van der Waals surface area contributed by atoms with Gasteiger partial charge in [0.05, 0.1) is 18.4 Å². The summed E-state index contributed by atoms with van der Waals surface area (Å²) in [7, 11) is 0. The summed E-state index contributed by atoms with van der Waals surface area (Å²) in [6.45, 7) is 11.4. The molecule has 0 saturated heterocycles. The van der Waals surface area contributed by atoms with E-state index in [-0.39, 0.29) is 53.8 Å². The average molecular weight is 548 g/mol. The number of carbonyl (C=O) groups is 3. The lowest BCUT2D eigenvalue weighted by Gasteiger charge is -2.62. The fourth-order valence-electron chi connectivity index (χ4n) is 9.67. The van der Waals surface area contributed by atoms with Crippen molar-refractivity contribution < 1.29 is 29.3 Å². The first kappa shape index (κ1) is 30.3. The summed E-state index contributed by atoms with van der Waals surface area (Å²) >= 11 is 0. The van der Waals surface area contributed by atoms with E-state index in [1.807, 2.05) is 13.8 Å². The van der Waals surface area contributed by atoms with E-state index in [2.05, 4.69) is 26.1 Å². The highest BCUT2D eigenvalue weighted by Gasteiger charge is 2.63. The molecule has 4 fully saturated rings. The standard InChI is InChI=1S/C32H53NO6/c1-6-19(2)30(38)39-22-11-14-31(4)21(17-22)18-26(34)29-24-9-8-23(32(24,5)15-12-25(29)31)20(3)7-10-27(35)33-16-13-28(36)37/h19-26,29,34H,6-18H2,1-5H3,(H,33,35)(H,36,37)/t19?,20?,21?,22?,23?,24?,25?,26?,29?,31-,32+/m0/s1. The summed E-state index contributed by atoms with van der Waals surface area (Å²) in [4.78, 5) is 35.4. The van der Waals surface area contributed by atoms with Gasteiger partial charge in [0.15, 0.2) is 0 Å². The second-order valence-corrected chi connectivity index (χ2v) is 14.2. The number of hydrogen-bond acceptors (Lipinski definition) is 5. The van der Waals surface area contributed by atoms with E-state index in [4.69, 9.17) is 9.84 Å². The number of rotatable bonds is 10. The highest BCUT2D eigenvalue weighted by Crippen LogP contribution is 2.68. The smallest absolute Gasteiger partial charge is 0.308 e. The molecule has 0 aromatic rings. The maximum Gasteiger partial charge on any atom is 0.308 e. The molecule has 222 valence electrons. The van der Waals surface area contributed by atoms with E-state index in [1.165, 1.54) is 6.42 Å². The predicted octanol–water partition coefficient (Wildman–Crippen LogP) is 5.58. The van der Waals surface area contributed by atoms with Crippen molar-refractivity contribution in [1.82, 2.24) is 5.32 Å². The molecule has 7 nitrogen and oxygen atoms in total. The van der Waals surface area contributed by atoms with Gasteiger partial charge in [-0.05, 0) is 111 Å². The van der Waals surface area contributed by atoms with Gasteiger partial charge in [-0.15, -0.1) is 0 Å². The van der Waals surface area contributed by atoms with Crippen molar-refractivity contribution in [2.24, 2.45) is 52.3 Å². The Morgan fingerprint density at radius 2 is 1.67 bits per heavy atom. The molecule has 4 aliphatic carbocycles. The summed E-state index contributed by atoms with van der Waals surface area (Å²) in [6.07, 6.45) is 10.1. The minimum absolute atomic E-state index is 0.0137. The molecular weight excluding hydrogens is 494 g/mol. The van der Waals surface area contributed by atoms with E-state index in [0.29, 0.717) is 41.9 Å². The number of carboxylic acid groups (broad SMARTS) is 1. The number of esters is 1. The number of carboxylic acids is 1. The van der Waals surface area contributed by atoms with Crippen LogP contribution in [0.2, 0.25) is 0 Å². The van der Waals surface area contributed by atoms with Gasteiger partial charge in [0.2, 0.25) is 5.91 Å². The number of hydrogen-bond donors (Lipinski definition) is 3. The number of aliphatic carboxylic acids is 1. The normalized spacial score (nSPS) is 40.9. The van der Waals surface area contributed by atoms with Crippen LogP contribution in [0.3, 0.4) is 0 Å². The minimum Gasteiger partial charge on any atom is -0.481 e. The van der Waals surface area contributed by atoms with Crippen LogP contribution < -0.4 is 5.32 Å². The third-order valence-corrected chi connectivity index (χ3v) is 12.2. The highest BCUT2D eigenvalue weighted by atomic mass is 16.5. The molecule has 0 bridgehead atoms. The van der Waals surface area contributed by atoms with Crippen molar-refractivity contribution in [2.45, 2.75) is 124 Å². The Morgan fingerprint density at radius 1 is 0.974 bits per heavy atom. The molecule has 11 atom stereocenters. The SMILES string of the molecule is CCC(C)C(=O)OC1CC[C@@]2(C)C(C1)CC(O)C1C3CCC(C(C)CCC(=O)NCCC(=O)O)[C@@]3(C)CCC12. The van der Waals surface area contributed by atoms with Crippen LogP contribution in [0, 0.1) is 52.3 Å². The number of ether oxygens (including phenoxy) is 1. The van der Waals surface area contributed by atoms with Gasteiger partial charge in [-0.1, -0.05) is 34.6 Å². The van der Waals surface area contributed by atoms with Crippen molar-refractivity contribution in [3.05, 3.63) is 0 Å². The van der Waals surface area contributed by atoms with Gasteiger partial charge in [-0.2, -0.15) is 0 Å². The van der Waals surface area contributed by atoms with Gasteiger partial charge in [-0.25, -0.2) is 0 Å². The lowest BCUT2D eigenvalue weighted by Crippen LogP contribution is -2.58. The maximum absolute atomic E-state index is 12.5. The molecule has 39 heavy (non-hydrogen) atoms. The molecule has 0 radical (unpaired) electrons. The summed E-state index contributed by atoms with van der Waals surface area (Å²) in [6, 6.07) is 0. The van der Waals surface area contributed by atoms with Gasteiger partial charge < -0.3 is 20.3 Å². The highest BCUT2D eigenvalue weighted by molar-refractivity contribution is 5.76. The van der Waals surface area contributed by atoms with Crippen molar-refractivity contribution in [1.29, 1.82) is 0 Å². The third-order valence-electron chi connectivity index (χ3n) is 12.2. The van der Waals surface area contributed by atoms with Crippen molar-refractivity contribution >= 4 is 17.8 Å². The first-order chi connectivity index (χ1) is 18.4. The van der Waals surface area contributed by atoms with Crippen molar-refractivity contribution in [2.75, 3.05) is 6.54 Å². The van der Waals surface area contributed by atoms with E-state index in [9.17, 15) is 19.5 Å². The molecule has 4 saturated carbocycles. The maximum atomic E-state index is 12.5. The lowest BCUT2D eigenvalue weighted by molar-refractivity contribution is -0.184. The minimum atomic E-state index is -0.896. The Kier molecular flexibility index (Phi) is 9.40. The first-order valence-corrected chi connectivity index (χ1v) is 15.8. The molecule has 0 aliphatic heterocycles. The number of aliphatic hydroxyl groups excluding tert-OH is 1. The second kappa shape index (κ2) is 12.1. The van der Waals surface area contributed by atoms with Crippen LogP contribution in [-0.4, -0.2) is 46.8 Å². The molecule has 0 heterocycles. The molecule has 0 aromatic carbocycles. The summed E-state index contributed by atoms with van der Waals surface area (Å²) in [5.74, 6) is 1.65. The number of fused-ring (bicyclic) bond motifs is 5. The van der Waals surface area contributed by atoms with Crippen LogP contribution in [0.25, 0.3) is 0 Å². The molecule has 1 amide bonds. The number of amides is 1. The molecule has 0 spiro atoms. The van der Waals surface area contributed by atoms with E-state index in [1.54, 1.807) is 0 Å². The molecule has 7 heteroatoms. The molecule has 4 aliphatic rings. The van der Waals surface area contributed by atoms with E-state index < -0.39 is 5.97 Å². The Bertz CT molecular complexity index is 907. The number of nitrogens with one attached hydrogen (secondary N) is 1. The molecular formula is C32H53NO6. The molecule has 3 N–H and O–H groups in total. The van der Waals surface area contributed by atoms with E-state index in [0.717, 1.165) is 57.8 Å². The van der Waals surface area contributed by atoms with Gasteiger partial charge >= 0.3 is 11.9 Å². The van der Waals surface area contributed by atoms with Gasteiger partial charge in [0.25, 0.3) is 0 Å². The van der Waals surface area contributed by atoms with Crippen molar-refractivity contribution in [3.63, 3.8) is 0 Å². The fourth-order valence-corrected chi connectivity index (χ4v) is 9.67. The van der Waals surface area contributed by atoms with Crippen molar-refractivity contribution in [3.8, 4) is 0 Å². The van der Waals surface area contributed by atoms with Gasteiger partial charge in [0, 0.05) is 13.0 Å². The number of carbonyl (C=O) groups excluding carboxylic acids is 2. The Morgan fingerprint density at radius 3 is 2.36 bits per heavy atom. The Labute approximate surface area is 235 Å². The second-order valence-electron chi connectivity index (χ2n) is 14.2. The van der Waals surface area contributed by atoms with E-state index >= 15 is 0 Å². The van der Waals surface area contributed by atoms with Crippen LogP contribution in [0.1, 0.15) is 112 Å². The molecule has 9 unspecified atom stereocenters. The fraction of sp³-hybridized carbons (Fsp3) is 0.906. The lowest BCUT2D eigenvalue weighted by atomic mass is 9.43. The predicted molar refractivity (Wildman–Crippen MR) is 150 cm³/mol. The molecule has 4 rings (SSSR count).